The van der Waals surface area contributed by atoms with Crippen molar-refractivity contribution in [2.75, 3.05) is 7.11 Å². The number of methoxy groups -OCH3 is 1. The zero-order valence-corrected chi connectivity index (χ0v) is 10.5. The molecule has 0 aromatic heterocycles. The van der Waals surface area contributed by atoms with Gasteiger partial charge in [-0.15, -0.1) is 5.92 Å². The third-order valence-corrected chi connectivity index (χ3v) is 3.51. The van der Waals surface area contributed by atoms with E-state index in [0.29, 0.717) is 0 Å². The van der Waals surface area contributed by atoms with E-state index in [4.69, 9.17) is 4.74 Å². The smallest absolute Gasteiger partial charge is 0.180 e. The minimum Gasteiger partial charge on any atom is -0.357 e. The maximum absolute atomic E-state index is 5.82. The van der Waals surface area contributed by atoms with Crippen LogP contribution in [-0.4, -0.2) is 7.11 Å². The second kappa shape index (κ2) is 4.01. The zero-order chi connectivity index (χ0) is 12.6. The summed E-state index contributed by atoms with van der Waals surface area (Å²) in [5.41, 5.74) is 4.11. The van der Waals surface area contributed by atoms with Crippen LogP contribution in [0.4, 0.5) is 0 Å². The summed E-state index contributed by atoms with van der Waals surface area (Å²) in [6, 6.07) is 16.7. The Bertz CT molecular complexity index is 613. The Kier molecular flexibility index (Phi) is 2.47. The molecule has 0 N–H and O–H groups in total. The van der Waals surface area contributed by atoms with Gasteiger partial charge in [-0.25, -0.2) is 0 Å². The molecule has 0 unspecified atom stereocenters. The van der Waals surface area contributed by atoms with Gasteiger partial charge in [-0.1, -0.05) is 54.5 Å². The van der Waals surface area contributed by atoms with Gasteiger partial charge < -0.3 is 4.74 Å². The lowest BCUT2D eigenvalue weighted by atomic mass is 9.92. The summed E-state index contributed by atoms with van der Waals surface area (Å²) in [6.45, 7) is 1.85. The van der Waals surface area contributed by atoms with Crippen molar-refractivity contribution in [3.63, 3.8) is 0 Å². The number of benzene rings is 2. The van der Waals surface area contributed by atoms with Crippen molar-refractivity contribution >= 4 is 0 Å². The molecule has 2 aromatic carbocycles. The number of rotatable bonds is 1. The van der Waals surface area contributed by atoms with E-state index in [2.05, 4.69) is 48.2 Å². The number of fused-ring (bicyclic) bond motifs is 3. The summed E-state index contributed by atoms with van der Waals surface area (Å²) >= 11 is 0. The fraction of sp³-hybridized carbons (Fsp3) is 0.176. The third kappa shape index (κ3) is 1.27. The summed E-state index contributed by atoms with van der Waals surface area (Å²) in [6.07, 6.45) is 0. The molecule has 3 rings (SSSR count). The molecule has 0 saturated heterocycles. The second-order valence-electron chi connectivity index (χ2n) is 4.35. The van der Waals surface area contributed by atoms with E-state index >= 15 is 0 Å². The monoisotopic (exact) mass is 234 g/mol. The molecule has 0 radical (unpaired) electrons. The molecule has 0 fully saturated rings. The average Bonchev–Trinajstić information content (AvgIpc) is 2.72. The van der Waals surface area contributed by atoms with Crippen LogP contribution in [-0.2, 0) is 10.3 Å². The minimum atomic E-state index is -0.609. The first kappa shape index (κ1) is 11.1. The zero-order valence-electron chi connectivity index (χ0n) is 10.5. The van der Waals surface area contributed by atoms with Crippen molar-refractivity contribution in [3.8, 4) is 23.0 Å². The van der Waals surface area contributed by atoms with E-state index in [-0.39, 0.29) is 0 Å². The highest BCUT2D eigenvalue weighted by molar-refractivity contribution is 5.82. The third-order valence-electron chi connectivity index (χ3n) is 3.51. The molecule has 1 nitrogen and oxygen atoms in total. The van der Waals surface area contributed by atoms with Crippen LogP contribution >= 0.6 is 0 Å². The highest BCUT2D eigenvalue weighted by Gasteiger charge is 2.41. The highest BCUT2D eigenvalue weighted by Crippen LogP contribution is 2.48. The first-order valence-corrected chi connectivity index (χ1v) is 6.02. The quantitative estimate of drug-likeness (QED) is 0.685. The van der Waals surface area contributed by atoms with Crippen molar-refractivity contribution in [1.29, 1.82) is 0 Å². The van der Waals surface area contributed by atoms with Crippen LogP contribution in [0.25, 0.3) is 11.1 Å². The summed E-state index contributed by atoms with van der Waals surface area (Å²) in [4.78, 5) is 0. The second-order valence-corrected chi connectivity index (χ2v) is 4.35. The Morgan fingerprint density at radius 1 is 0.889 bits per heavy atom. The predicted molar refractivity (Wildman–Crippen MR) is 73.1 cm³/mol. The molecule has 0 aliphatic heterocycles. The first-order valence-electron chi connectivity index (χ1n) is 6.02. The molecule has 0 atom stereocenters. The highest BCUT2D eigenvalue weighted by atomic mass is 16.5. The van der Waals surface area contributed by atoms with Crippen molar-refractivity contribution in [2.45, 2.75) is 12.5 Å². The molecule has 1 aliphatic carbocycles. The standard InChI is InChI=1S/C17H14O/c1-3-12-17(18-2)15-10-6-4-8-13(15)14-9-5-7-11-16(14)17/h4-11H,1-2H3. The summed E-state index contributed by atoms with van der Waals surface area (Å²) < 4.78 is 5.82. The summed E-state index contributed by atoms with van der Waals surface area (Å²) in [7, 11) is 1.73. The molecule has 0 spiro atoms. The van der Waals surface area contributed by atoms with Crippen LogP contribution in [0.3, 0.4) is 0 Å². The number of ether oxygens (including phenoxy) is 1. The van der Waals surface area contributed by atoms with E-state index in [0.717, 1.165) is 11.1 Å². The molecule has 88 valence electrons. The molecule has 18 heavy (non-hydrogen) atoms. The predicted octanol–water partition coefficient (Wildman–Crippen LogP) is 3.58. The van der Waals surface area contributed by atoms with Crippen molar-refractivity contribution < 1.29 is 4.74 Å². The molecule has 1 aliphatic rings. The Morgan fingerprint density at radius 2 is 1.39 bits per heavy atom. The van der Waals surface area contributed by atoms with Crippen molar-refractivity contribution in [3.05, 3.63) is 59.7 Å². The molecular weight excluding hydrogens is 220 g/mol. The Hall–Kier alpha value is -2.04. The summed E-state index contributed by atoms with van der Waals surface area (Å²) in [5, 5.41) is 0. The fourth-order valence-corrected chi connectivity index (χ4v) is 2.78. The topological polar surface area (TPSA) is 9.23 Å². The van der Waals surface area contributed by atoms with Crippen LogP contribution in [0.15, 0.2) is 48.5 Å². The van der Waals surface area contributed by atoms with E-state index in [1.807, 2.05) is 19.1 Å². The number of hydrogen-bond acceptors (Lipinski definition) is 1. The molecule has 0 heterocycles. The van der Waals surface area contributed by atoms with Crippen LogP contribution in [0.2, 0.25) is 0 Å². The van der Waals surface area contributed by atoms with E-state index in [1.54, 1.807) is 7.11 Å². The lowest BCUT2D eigenvalue weighted by molar-refractivity contribution is 0.0781. The average molecular weight is 234 g/mol. The van der Waals surface area contributed by atoms with E-state index in [1.165, 1.54) is 11.1 Å². The summed E-state index contributed by atoms with van der Waals surface area (Å²) in [5.74, 6) is 6.26. The molecule has 1 heteroatoms. The van der Waals surface area contributed by atoms with Crippen molar-refractivity contribution in [2.24, 2.45) is 0 Å². The Labute approximate surface area is 107 Å². The van der Waals surface area contributed by atoms with Crippen LogP contribution in [0.5, 0.6) is 0 Å². The fourth-order valence-electron chi connectivity index (χ4n) is 2.78. The van der Waals surface area contributed by atoms with Gasteiger partial charge in [-0.3, -0.25) is 0 Å². The van der Waals surface area contributed by atoms with E-state index < -0.39 is 5.60 Å². The molecule has 0 saturated carbocycles. The van der Waals surface area contributed by atoms with Gasteiger partial charge in [0.15, 0.2) is 5.60 Å². The van der Waals surface area contributed by atoms with Crippen LogP contribution in [0.1, 0.15) is 18.1 Å². The van der Waals surface area contributed by atoms with Gasteiger partial charge in [0.25, 0.3) is 0 Å². The van der Waals surface area contributed by atoms with E-state index in [9.17, 15) is 0 Å². The largest absolute Gasteiger partial charge is 0.357 e. The molecule has 0 amide bonds. The van der Waals surface area contributed by atoms with Gasteiger partial charge in [0.05, 0.1) is 0 Å². The van der Waals surface area contributed by atoms with Gasteiger partial charge in [0.1, 0.15) is 0 Å². The van der Waals surface area contributed by atoms with Crippen LogP contribution < -0.4 is 0 Å². The van der Waals surface area contributed by atoms with Crippen molar-refractivity contribution in [1.82, 2.24) is 0 Å². The Morgan fingerprint density at radius 3 is 1.83 bits per heavy atom. The van der Waals surface area contributed by atoms with Gasteiger partial charge in [-0.05, 0) is 18.1 Å². The lowest BCUT2D eigenvalue weighted by Crippen LogP contribution is -2.25. The maximum atomic E-state index is 5.82. The molecule has 2 aromatic rings. The Balaban J connectivity index is 2.42. The van der Waals surface area contributed by atoms with Gasteiger partial charge >= 0.3 is 0 Å². The lowest BCUT2D eigenvalue weighted by Gasteiger charge is -2.24. The SMILES string of the molecule is CC#CC1(OC)c2ccccc2-c2ccccc21. The normalized spacial score (nSPS) is 14.3. The molecule has 0 bridgehead atoms. The van der Waals surface area contributed by atoms with Gasteiger partial charge in [0.2, 0.25) is 0 Å². The van der Waals surface area contributed by atoms with Gasteiger partial charge in [-0.2, -0.15) is 0 Å². The minimum absolute atomic E-state index is 0.609. The molecular formula is C17H14O. The maximum Gasteiger partial charge on any atom is 0.180 e. The first-order chi connectivity index (χ1) is 8.83. The van der Waals surface area contributed by atoms with Crippen LogP contribution in [0, 0.1) is 11.8 Å². The number of hydrogen-bond donors (Lipinski definition) is 0. The van der Waals surface area contributed by atoms with Gasteiger partial charge in [0, 0.05) is 18.2 Å².